The van der Waals surface area contributed by atoms with Crippen molar-refractivity contribution in [3.8, 4) is 11.3 Å². The Kier molecular flexibility index (Phi) is 3.85. The summed E-state index contributed by atoms with van der Waals surface area (Å²) in [6.07, 6.45) is 7.31. The van der Waals surface area contributed by atoms with Gasteiger partial charge in [-0.2, -0.15) is 5.10 Å². The number of aromatic nitrogens is 3. The van der Waals surface area contributed by atoms with E-state index in [-0.39, 0.29) is 18.0 Å². The van der Waals surface area contributed by atoms with Crippen LogP contribution in [0.3, 0.4) is 0 Å². The molecule has 2 unspecified atom stereocenters. The van der Waals surface area contributed by atoms with Crippen LogP contribution in [-0.2, 0) is 7.05 Å². The van der Waals surface area contributed by atoms with Gasteiger partial charge in [0.05, 0.1) is 0 Å². The van der Waals surface area contributed by atoms with Gasteiger partial charge in [-0.25, -0.2) is 4.98 Å². The van der Waals surface area contributed by atoms with E-state index >= 15 is 0 Å². The first-order chi connectivity index (χ1) is 13.2. The molecule has 1 aromatic carbocycles. The zero-order valence-electron chi connectivity index (χ0n) is 15.3. The Balaban J connectivity index is 1.42. The number of piperidine rings is 1. The number of carbonyl (C=O) groups excluding carboxylic acids is 1. The molecule has 0 spiro atoms. The number of nitrogens with zero attached hydrogens (tertiary/aromatic N) is 4. The Morgan fingerprint density at radius 1 is 1.11 bits per heavy atom. The fraction of sp³-hybridized carbons (Fsp3) is 0.381. The Morgan fingerprint density at radius 2 is 1.85 bits per heavy atom. The van der Waals surface area contributed by atoms with E-state index in [4.69, 9.17) is 4.42 Å². The van der Waals surface area contributed by atoms with Crippen LogP contribution < -0.4 is 0 Å². The van der Waals surface area contributed by atoms with Gasteiger partial charge in [0.2, 0.25) is 5.76 Å². The number of fused-ring (bicyclic) bond motifs is 2. The lowest BCUT2D eigenvalue weighted by atomic mass is 9.87. The lowest BCUT2D eigenvalue weighted by Crippen LogP contribution is -2.46. The van der Waals surface area contributed by atoms with Crippen molar-refractivity contribution < 1.29 is 9.21 Å². The average Bonchev–Trinajstić information content (AvgIpc) is 3.40. The van der Waals surface area contributed by atoms with Crippen molar-refractivity contribution in [3.63, 3.8) is 0 Å². The van der Waals surface area contributed by atoms with Gasteiger partial charge in [0.15, 0.2) is 6.39 Å². The minimum Gasteiger partial charge on any atom is -0.438 e. The number of hydrogen-bond acceptors (Lipinski definition) is 4. The summed E-state index contributed by atoms with van der Waals surface area (Å²) in [7, 11) is 2.00. The van der Waals surface area contributed by atoms with Gasteiger partial charge in [0.1, 0.15) is 5.69 Å². The third-order valence-electron chi connectivity index (χ3n) is 6.05. The molecule has 2 aliphatic heterocycles. The topological polar surface area (TPSA) is 64.2 Å². The maximum absolute atomic E-state index is 13.4. The maximum Gasteiger partial charge on any atom is 0.292 e. The van der Waals surface area contributed by atoms with Crippen molar-refractivity contribution in [3.05, 3.63) is 60.4 Å². The second-order valence-electron chi connectivity index (χ2n) is 7.54. The first kappa shape index (κ1) is 16.3. The van der Waals surface area contributed by atoms with Crippen LogP contribution in [0, 0.1) is 0 Å². The van der Waals surface area contributed by atoms with Crippen LogP contribution >= 0.6 is 0 Å². The van der Waals surface area contributed by atoms with E-state index in [1.165, 1.54) is 12.1 Å². The first-order valence-corrected chi connectivity index (χ1v) is 9.52. The molecule has 4 heterocycles. The molecule has 3 aromatic rings. The van der Waals surface area contributed by atoms with E-state index in [9.17, 15) is 4.79 Å². The van der Waals surface area contributed by atoms with E-state index < -0.39 is 0 Å². The highest BCUT2D eigenvalue weighted by Crippen LogP contribution is 2.44. The highest BCUT2D eigenvalue weighted by molar-refractivity contribution is 5.97. The van der Waals surface area contributed by atoms with E-state index in [2.05, 4.69) is 21.0 Å². The molecule has 138 valence electrons. The molecule has 2 atom stereocenters. The molecule has 2 aromatic heterocycles. The molecule has 0 N–H and O–H groups in total. The van der Waals surface area contributed by atoms with Gasteiger partial charge in [-0.15, -0.1) is 0 Å². The van der Waals surface area contributed by atoms with E-state index in [0.717, 1.165) is 31.2 Å². The fourth-order valence-electron chi connectivity index (χ4n) is 4.85. The zero-order valence-corrected chi connectivity index (χ0v) is 15.3. The number of rotatable bonds is 3. The molecule has 0 saturated carbocycles. The van der Waals surface area contributed by atoms with E-state index in [1.807, 2.05) is 48.3 Å². The predicted molar refractivity (Wildman–Crippen MR) is 100 cm³/mol. The minimum atomic E-state index is -0.0256. The van der Waals surface area contributed by atoms with E-state index in [0.29, 0.717) is 17.4 Å². The Labute approximate surface area is 157 Å². The SMILES string of the molecule is Cn1nccc1C1CC2CCC(C1)N2C(=O)c1ocnc1-c1ccccc1. The van der Waals surface area contributed by atoms with Gasteiger partial charge >= 0.3 is 0 Å². The van der Waals surface area contributed by atoms with Gasteiger partial charge in [0.25, 0.3) is 5.91 Å². The second kappa shape index (κ2) is 6.37. The standard InChI is InChI=1S/C21H22N4O2/c1-24-18(9-10-23-24)15-11-16-7-8-17(12-15)25(16)21(26)20-19(22-13-27-20)14-5-3-2-4-6-14/h2-6,9-10,13,15-17H,7-8,11-12H2,1H3. The summed E-state index contributed by atoms with van der Waals surface area (Å²) in [5.41, 5.74) is 2.81. The molecule has 6 heteroatoms. The number of hydrogen-bond donors (Lipinski definition) is 0. The van der Waals surface area contributed by atoms with Crippen LogP contribution in [-0.4, -0.2) is 37.7 Å². The summed E-state index contributed by atoms with van der Waals surface area (Å²) in [6.45, 7) is 0. The van der Waals surface area contributed by atoms with Crippen molar-refractivity contribution in [1.82, 2.24) is 19.7 Å². The number of oxazole rings is 1. The molecule has 0 aliphatic carbocycles. The van der Waals surface area contributed by atoms with Gasteiger partial charge in [-0.05, 0) is 31.7 Å². The molecule has 2 bridgehead atoms. The monoisotopic (exact) mass is 362 g/mol. The van der Waals surface area contributed by atoms with Crippen LogP contribution in [0.2, 0.25) is 0 Å². The first-order valence-electron chi connectivity index (χ1n) is 9.52. The Bertz CT molecular complexity index is 947. The summed E-state index contributed by atoms with van der Waals surface area (Å²) >= 11 is 0. The van der Waals surface area contributed by atoms with Crippen molar-refractivity contribution in [2.45, 2.75) is 43.7 Å². The summed E-state index contributed by atoms with van der Waals surface area (Å²) in [5, 5.41) is 4.32. The predicted octanol–water partition coefficient (Wildman–Crippen LogP) is 3.63. The Morgan fingerprint density at radius 3 is 2.52 bits per heavy atom. The summed E-state index contributed by atoms with van der Waals surface area (Å²) in [6, 6.07) is 12.4. The maximum atomic E-state index is 13.4. The van der Waals surface area contributed by atoms with Crippen LogP contribution in [0.25, 0.3) is 11.3 Å². The third kappa shape index (κ3) is 2.67. The summed E-state index contributed by atoms with van der Waals surface area (Å²) in [4.78, 5) is 19.7. The number of amides is 1. The largest absolute Gasteiger partial charge is 0.438 e. The quantitative estimate of drug-likeness (QED) is 0.714. The number of carbonyl (C=O) groups is 1. The zero-order chi connectivity index (χ0) is 18.4. The van der Waals surface area contributed by atoms with Crippen molar-refractivity contribution in [2.75, 3.05) is 0 Å². The molecule has 0 radical (unpaired) electrons. The van der Waals surface area contributed by atoms with Crippen LogP contribution in [0.1, 0.15) is 47.8 Å². The highest BCUT2D eigenvalue weighted by atomic mass is 16.3. The summed E-state index contributed by atoms with van der Waals surface area (Å²) in [5.74, 6) is 0.793. The van der Waals surface area contributed by atoms with Gasteiger partial charge in [0, 0.05) is 42.5 Å². The summed E-state index contributed by atoms with van der Waals surface area (Å²) < 4.78 is 7.52. The van der Waals surface area contributed by atoms with Crippen LogP contribution in [0.15, 0.2) is 53.4 Å². The van der Waals surface area contributed by atoms with Crippen molar-refractivity contribution in [1.29, 1.82) is 0 Å². The van der Waals surface area contributed by atoms with Crippen molar-refractivity contribution in [2.24, 2.45) is 7.05 Å². The molecule has 6 nitrogen and oxygen atoms in total. The molecule has 27 heavy (non-hydrogen) atoms. The molecular weight excluding hydrogens is 340 g/mol. The molecule has 2 fully saturated rings. The van der Waals surface area contributed by atoms with Gasteiger partial charge in [-0.3, -0.25) is 9.48 Å². The Hall–Kier alpha value is -2.89. The second-order valence-corrected chi connectivity index (χ2v) is 7.54. The molecule has 1 amide bonds. The molecular formula is C21H22N4O2. The molecule has 2 aliphatic rings. The number of benzene rings is 1. The third-order valence-corrected chi connectivity index (χ3v) is 6.05. The normalized spacial score (nSPS) is 24.3. The average molecular weight is 362 g/mol. The van der Waals surface area contributed by atoms with Crippen LogP contribution in [0.5, 0.6) is 0 Å². The lowest BCUT2D eigenvalue weighted by molar-refractivity contribution is 0.0537. The lowest BCUT2D eigenvalue weighted by Gasteiger charge is -2.38. The molecule has 5 rings (SSSR count). The van der Waals surface area contributed by atoms with Crippen molar-refractivity contribution >= 4 is 5.91 Å². The molecule has 2 saturated heterocycles. The van der Waals surface area contributed by atoms with Crippen LogP contribution in [0.4, 0.5) is 0 Å². The highest BCUT2D eigenvalue weighted by Gasteiger charge is 2.45. The smallest absolute Gasteiger partial charge is 0.292 e. The minimum absolute atomic E-state index is 0.0256. The number of aryl methyl sites for hydroxylation is 1. The van der Waals surface area contributed by atoms with Gasteiger partial charge in [-0.1, -0.05) is 30.3 Å². The fourth-order valence-corrected chi connectivity index (χ4v) is 4.85. The van der Waals surface area contributed by atoms with E-state index in [1.54, 1.807) is 0 Å². The van der Waals surface area contributed by atoms with Gasteiger partial charge < -0.3 is 9.32 Å².